The molecule has 3 heterocycles. The number of nitrogens with two attached hydrogens (primary N) is 1. The molecule has 1 saturated carbocycles. The number of fused-ring (bicyclic) bond motifs is 1. The predicted molar refractivity (Wildman–Crippen MR) is 155 cm³/mol. The molecule has 8 heteroatoms. The van der Waals surface area contributed by atoms with E-state index in [9.17, 15) is 4.79 Å². The van der Waals surface area contributed by atoms with Crippen LogP contribution in [0, 0.1) is 18.3 Å². The van der Waals surface area contributed by atoms with Gasteiger partial charge in [-0.25, -0.2) is 9.97 Å². The smallest absolute Gasteiger partial charge is 0.253 e. The number of benzene rings is 1. The zero-order valence-electron chi connectivity index (χ0n) is 23.1. The van der Waals surface area contributed by atoms with Gasteiger partial charge in [-0.1, -0.05) is 26.8 Å². The molecular weight excluding hydrogens is 476 g/mol. The first-order valence-electron chi connectivity index (χ1n) is 13.4. The molecular formula is C30H38N6O2. The van der Waals surface area contributed by atoms with Gasteiger partial charge in [0.2, 0.25) is 0 Å². The molecule has 0 amide bonds. The largest absolute Gasteiger partial charge is 0.404 e. The molecule has 200 valence electrons. The number of morpholine rings is 1. The highest BCUT2D eigenvalue weighted by atomic mass is 16.5. The molecule has 2 aromatic heterocycles. The highest BCUT2D eigenvalue weighted by Gasteiger charge is 2.38. The maximum Gasteiger partial charge on any atom is 0.253 e. The third kappa shape index (κ3) is 5.50. The average molecular weight is 515 g/mol. The third-order valence-corrected chi connectivity index (χ3v) is 7.21. The molecule has 1 aliphatic heterocycles. The van der Waals surface area contributed by atoms with Gasteiger partial charge in [-0.2, -0.15) is 0 Å². The molecule has 38 heavy (non-hydrogen) atoms. The Morgan fingerprint density at radius 3 is 2.68 bits per heavy atom. The fourth-order valence-corrected chi connectivity index (χ4v) is 5.03. The summed E-state index contributed by atoms with van der Waals surface area (Å²) in [5, 5.41) is 0.980. The topological polar surface area (TPSA) is 98.6 Å². The Bertz CT molecular complexity index is 1440. The lowest BCUT2D eigenvalue weighted by molar-refractivity contribution is 0.0876. The van der Waals surface area contributed by atoms with Crippen molar-refractivity contribution in [2.45, 2.75) is 46.6 Å². The van der Waals surface area contributed by atoms with E-state index in [1.807, 2.05) is 25.3 Å². The van der Waals surface area contributed by atoms with Gasteiger partial charge in [-0.3, -0.25) is 9.79 Å². The van der Waals surface area contributed by atoms with Crippen molar-refractivity contribution < 1.29 is 4.74 Å². The second-order valence-corrected chi connectivity index (χ2v) is 11.8. The SMILES string of the molecule is Cc1cc(-c2ccc3nc(/C(C=NCC(C)(C)C)=C/N)nc(N4CCOCC4C4CC4)c3c2)cn(C)c1=O. The number of aliphatic imine (C=N–C) groups is 1. The van der Waals surface area contributed by atoms with Crippen LogP contribution >= 0.6 is 0 Å². The molecule has 2 N–H and O–H groups in total. The molecule has 1 saturated heterocycles. The standard InChI is InChI=1S/C30H38N6O2/c1-19-12-22(16-35(5)29(19)37)21-8-9-25-24(13-21)28(36-10-11-38-17-26(36)20-6-7-20)34-27(33-25)23(14-31)15-32-18-30(2,3)4/h8-9,12-16,20,26H,6-7,10-11,17-18,31H2,1-5H3/b23-14+,32-15?. The molecule has 0 spiro atoms. The number of pyridine rings is 1. The second kappa shape index (κ2) is 10.3. The number of ether oxygens (including phenoxy) is 1. The molecule has 0 radical (unpaired) electrons. The van der Waals surface area contributed by atoms with Crippen LogP contribution in [0.1, 0.15) is 45.0 Å². The van der Waals surface area contributed by atoms with Crippen molar-refractivity contribution in [1.29, 1.82) is 0 Å². The second-order valence-electron chi connectivity index (χ2n) is 11.8. The van der Waals surface area contributed by atoms with Crippen LogP contribution < -0.4 is 16.2 Å². The maximum atomic E-state index is 12.3. The molecule has 1 aromatic carbocycles. The van der Waals surface area contributed by atoms with Gasteiger partial charge in [0.1, 0.15) is 5.82 Å². The fraction of sp³-hybridized carbons (Fsp3) is 0.467. The van der Waals surface area contributed by atoms with Gasteiger partial charge in [-0.05, 0) is 60.4 Å². The Kier molecular flexibility index (Phi) is 7.09. The van der Waals surface area contributed by atoms with Crippen LogP contribution in [0.5, 0.6) is 0 Å². The van der Waals surface area contributed by atoms with Gasteiger partial charge in [0.25, 0.3) is 5.56 Å². The number of hydrogen-bond acceptors (Lipinski definition) is 7. The number of anilines is 1. The van der Waals surface area contributed by atoms with Crippen molar-refractivity contribution in [2.24, 2.45) is 29.1 Å². The summed E-state index contributed by atoms with van der Waals surface area (Å²) in [5.74, 6) is 2.09. The van der Waals surface area contributed by atoms with Crippen molar-refractivity contribution in [3.8, 4) is 11.1 Å². The molecule has 0 bridgehead atoms. The van der Waals surface area contributed by atoms with Crippen molar-refractivity contribution in [3.05, 3.63) is 58.4 Å². The molecule has 1 aliphatic carbocycles. The number of allylic oxidation sites excluding steroid dienone is 1. The van der Waals surface area contributed by atoms with E-state index in [4.69, 9.17) is 20.4 Å². The number of rotatable bonds is 6. The van der Waals surface area contributed by atoms with E-state index in [0.29, 0.717) is 42.6 Å². The molecule has 5 rings (SSSR count). The highest BCUT2D eigenvalue weighted by molar-refractivity contribution is 6.09. The Morgan fingerprint density at radius 1 is 1.21 bits per heavy atom. The summed E-state index contributed by atoms with van der Waals surface area (Å²) in [6, 6.07) is 8.47. The monoisotopic (exact) mass is 514 g/mol. The zero-order chi connectivity index (χ0) is 27.0. The van der Waals surface area contributed by atoms with Crippen molar-refractivity contribution in [1.82, 2.24) is 14.5 Å². The van der Waals surface area contributed by atoms with E-state index < -0.39 is 0 Å². The van der Waals surface area contributed by atoms with Gasteiger partial charge in [0, 0.05) is 49.7 Å². The number of aromatic nitrogens is 3. The summed E-state index contributed by atoms with van der Waals surface area (Å²) < 4.78 is 7.53. The lowest BCUT2D eigenvalue weighted by atomic mass is 9.97. The lowest BCUT2D eigenvalue weighted by Crippen LogP contribution is -2.47. The van der Waals surface area contributed by atoms with Crippen LogP contribution in [0.25, 0.3) is 27.6 Å². The molecule has 8 nitrogen and oxygen atoms in total. The maximum absolute atomic E-state index is 12.3. The molecule has 2 fully saturated rings. The summed E-state index contributed by atoms with van der Waals surface area (Å²) in [7, 11) is 1.79. The van der Waals surface area contributed by atoms with Crippen LogP contribution in [0.3, 0.4) is 0 Å². The molecule has 1 unspecified atom stereocenters. The summed E-state index contributed by atoms with van der Waals surface area (Å²) in [4.78, 5) is 29.4. The van der Waals surface area contributed by atoms with E-state index in [0.717, 1.165) is 34.4 Å². The van der Waals surface area contributed by atoms with Crippen LogP contribution in [0.4, 0.5) is 5.82 Å². The Hall–Kier alpha value is -3.52. The van der Waals surface area contributed by atoms with Crippen LogP contribution in [0.15, 0.2) is 46.4 Å². The van der Waals surface area contributed by atoms with E-state index >= 15 is 0 Å². The van der Waals surface area contributed by atoms with Gasteiger partial charge in [0.05, 0.1) is 30.3 Å². The minimum atomic E-state index is 0.0121. The Labute approximate surface area is 224 Å². The van der Waals surface area contributed by atoms with E-state index in [1.54, 1.807) is 17.8 Å². The van der Waals surface area contributed by atoms with Crippen molar-refractivity contribution >= 4 is 28.5 Å². The summed E-state index contributed by atoms with van der Waals surface area (Å²) in [6.07, 6.45) is 7.65. The summed E-state index contributed by atoms with van der Waals surface area (Å²) in [6.45, 7) is 11.1. The minimum absolute atomic E-state index is 0.0121. The Morgan fingerprint density at radius 2 is 2.00 bits per heavy atom. The minimum Gasteiger partial charge on any atom is -0.404 e. The van der Waals surface area contributed by atoms with Crippen LogP contribution in [-0.4, -0.2) is 53.1 Å². The zero-order valence-corrected chi connectivity index (χ0v) is 23.1. The highest BCUT2D eigenvalue weighted by Crippen LogP contribution is 2.40. The normalized spacial score (nSPS) is 19.0. The molecule has 2 aliphatic rings. The van der Waals surface area contributed by atoms with E-state index in [-0.39, 0.29) is 17.0 Å². The van der Waals surface area contributed by atoms with E-state index in [1.165, 1.54) is 19.0 Å². The first kappa shape index (κ1) is 26.1. The van der Waals surface area contributed by atoms with Crippen LogP contribution in [0.2, 0.25) is 0 Å². The summed E-state index contributed by atoms with van der Waals surface area (Å²) >= 11 is 0. The van der Waals surface area contributed by atoms with Gasteiger partial charge in [0.15, 0.2) is 5.82 Å². The first-order valence-corrected chi connectivity index (χ1v) is 13.4. The van der Waals surface area contributed by atoms with Crippen LogP contribution in [-0.2, 0) is 11.8 Å². The Balaban J connectivity index is 1.65. The number of aryl methyl sites for hydroxylation is 2. The summed E-state index contributed by atoms with van der Waals surface area (Å²) in [5.41, 5.74) is 10.4. The number of hydrogen-bond donors (Lipinski definition) is 1. The number of nitrogens with zero attached hydrogens (tertiary/aromatic N) is 5. The predicted octanol–water partition coefficient (Wildman–Crippen LogP) is 4.34. The molecule has 3 aromatic rings. The van der Waals surface area contributed by atoms with Gasteiger partial charge in [-0.15, -0.1) is 0 Å². The lowest BCUT2D eigenvalue weighted by Gasteiger charge is -2.37. The average Bonchev–Trinajstić information content (AvgIpc) is 3.73. The van der Waals surface area contributed by atoms with Gasteiger partial charge >= 0.3 is 0 Å². The third-order valence-electron chi connectivity index (χ3n) is 7.21. The quantitative estimate of drug-likeness (QED) is 0.492. The fourth-order valence-electron chi connectivity index (χ4n) is 5.03. The molecule has 1 atom stereocenters. The van der Waals surface area contributed by atoms with E-state index in [2.05, 4.69) is 42.8 Å². The van der Waals surface area contributed by atoms with Gasteiger partial charge < -0.3 is 19.9 Å². The first-order chi connectivity index (χ1) is 18.1. The van der Waals surface area contributed by atoms with Crippen molar-refractivity contribution in [3.63, 3.8) is 0 Å². The van der Waals surface area contributed by atoms with Crippen molar-refractivity contribution in [2.75, 3.05) is 31.2 Å².